The van der Waals surface area contributed by atoms with Crippen LogP contribution in [0.3, 0.4) is 0 Å². The van der Waals surface area contributed by atoms with Crippen LogP contribution >= 0.6 is 0 Å². The van der Waals surface area contributed by atoms with E-state index in [1.807, 2.05) is 0 Å². The van der Waals surface area contributed by atoms with Gasteiger partial charge in [-0.15, -0.1) is 0 Å². The first-order valence-electron chi connectivity index (χ1n) is 5.80. The Morgan fingerprint density at radius 3 is 2.89 bits per heavy atom. The highest BCUT2D eigenvalue weighted by Crippen LogP contribution is 2.24. The van der Waals surface area contributed by atoms with Crippen LogP contribution in [-0.2, 0) is 14.3 Å². The molecule has 102 valence electrons. The smallest absolute Gasteiger partial charge is 0.340 e. The maximum atomic E-state index is 13.7. The van der Waals surface area contributed by atoms with Crippen molar-refractivity contribution in [2.75, 3.05) is 25.6 Å². The van der Waals surface area contributed by atoms with Crippen molar-refractivity contribution in [1.82, 2.24) is 0 Å². The number of esters is 1. The first kappa shape index (κ1) is 13.5. The maximum absolute atomic E-state index is 13.7. The number of carbonyl (C=O) groups excluding carboxylic acids is 2. The summed E-state index contributed by atoms with van der Waals surface area (Å²) in [5.41, 5.74) is -0.544. The molecule has 0 spiro atoms. The van der Waals surface area contributed by atoms with Gasteiger partial charge in [0.25, 0.3) is 0 Å². The molecule has 1 fully saturated rings. The van der Waals surface area contributed by atoms with Gasteiger partial charge in [0, 0.05) is 18.7 Å². The third-order valence-electron chi connectivity index (χ3n) is 3.05. The predicted octanol–water partition coefficient (Wildman–Crippen LogP) is 1.38. The largest absolute Gasteiger partial charge is 0.465 e. The van der Waals surface area contributed by atoms with Crippen LogP contribution < -0.4 is 5.32 Å². The Hall–Kier alpha value is -1.95. The van der Waals surface area contributed by atoms with E-state index in [0.29, 0.717) is 18.7 Å². The van der Waals surface area contributed by atoms with Gasteiger partial charge in [-0.05, 0) is 18.2 Å². The van der Waals surface area contributed by atoms with Crippen LogP contribution in [0.5, 0.6) is 0 Å². The summed E-state index contributed by atoms with van der Waals surface area (Å²) in [6.07, 6.45) is 1.29. The standard InChI is InChI=1S/C13H14FNO4/c1-18-12(17)10-3-2-9(6-11(10)14)15-13(7-16)4-5-19-8-13/h2-3,6-7,15H,4-5,8H2,1H3/t13-/m0/s1. The van der Waals surface area contributed by atoms with E-state index in [1.54, 1.807) is 0 Å². The lowest BCUT2D eigenvalue weighted by Crippen LogP contribution is -2.40. The quantitative estimate of drug-likeness (QED) is 0.659. The summed E-state index contributed by atoms with van der Waals surface area (Å²) in [6.45, 7) is 0.728. The van der Waals surface area contributed by atoms with E-state index in [0.717, 1.165) is 12.4 Å². The lowest BCUT2D eigenvalue weighted by atomic mass is 10.0. The second-order valence-electron chi connectivity index (χ2n) is 4.39. The fraction of sp³-hybridized carbons (Fsp3) is 0.385. The van der Waals surface area contributed by atoms with E-state index in [-0.39, 0.29) is 12.2 Å². The van der Waals surface area contributed by atoms with Crippen molar-refractivity contribution in [2.45, 2.75) is 12.0 Å². The Morgan fingerprint density at radius 1 is 1.58 bits per heavy atom. The molecular formula is C13H14FNO4. The van der Waals surface area contributed by atoms with Gasteiger partial charge in [-0.25, -0.2) is 9.18 Å². The van der Waals surface area contributed by atoms with Gasteiger partial charge in [-0.2, -0.15) is 0 Å². The van der Waals surface area contributed by atoms with Crippen molar-refractivity contribution in [3.8, 4) is 0 Å². The molecule has 0 radical (unpaired) electrons. The number of hydrogen-bond donors (Lipinski definition) is 1. The third-order valence-corrected chi connectivity index (χ3v) is 3.05. The summed E-state index contributed by atoms with van der Waals surface area (Å²) in [6, 6.07) is 4.01. The first-order valence-corrected chi connectivity index (χ1v) is 5.80. The highest BCUT2D eigenvalue weighted by Gasteiger charge is 2.34. The van der Waals surface area contributed by atoms with Crippen LogP contribution in [0.25, 0.3) is 0 Å². The minimum atomic E-state index is -0.820. The van der Waals surface area contributed by atoms with Crippen LogP contribution in [0, 0.1) is 5.82 Å². The lowest BCUT2D eigenvalue weighted by Gasteiger charge is -2.23. The summed E-state index contributed by atoms with van der Waals surface area (Å²) in [5, 5.41) is 2.94. The van der Waals surface area contributed by atoms with E-state index in [4.69, 9.17) is 4.74 Å². The van der Waals surface area contributed by atoms with Gasteiger partial charge in [0.15, 0.2) is 0 Å². The summed E-state index contributed by atoms with van der Waals surface area (Å²) in [5.74, 6) is -1.44. The number of benzene rings is 1. The Labute approximate surface area is 109 Å². The second kappa shape index (κ2) is 5.36. The molecular weight excluding hydrogens is 253 g/mol. The molecule has 0 aromatic heterocycles. The first-order chi connectivity index (χ1) is 9.10. The van der Waals surface area contributed by atoms with Gasteiger partial charge < -0.3 is 19.6 Å². The Morgan fingerprint density at radius 2 is 2.37 bits per heavy atom. The van der Waals surface area contributed by atoms with E-state index < -0.39 is 17.3 Å². The molecule has 0 saturated carbocycles. The van der Waals surface area contributed by atoms with Crippen molar-refractivity contribution >= 4 is 17.9 Å². The number of hydrogen-bond acceptors (Lipinski definition) is 5. The number of aldehydes is 1. The molecule has 1 aliphatic heterocycles. The van der Waals surface area contributed by atoms with Gasteiger partial charge in [0.1, 0.15) is 17.6 Å². The fourth-order valence-electron chi connectivity index (χ4n) is 1.96. The summed E-state index contributed by atoms with van der Waals surface area (Å²) >= 11 is 0. The highest BCUT2D eigenvalue weighted by molar-refractivity contribution is 5.90. The van der Waals surface area contributed by atoms with Crippen LogP contribution in [-0.4, -0.2) is 38.1 Å². The molecule has 1 atom stereocenters. The van der Waals surface area contributed by atoms with Gasteiger partial charge in [0.05, 0.1) is 19.3 Å². The Kier molecular flexibility index (Phi) is 3.80. The maximum Gasteiger partial charge on any atom is 0.340 e. The number of carbonyl (C=O) groups is 2. The second-order valence-corrected chi connectivity index (χ2v) is 4.39. The molecule has 1 aromatic carbocycles. The molecule has 0 aliphatic carbocycles. The van der Waals surface area contributed by atoms with Gasteiger partial charge in [-0.3, -0.25) is 0 Å². The third kappa shape index (κ3) is 2.73. The van der Waals surface area contributed by atoms with Crippen molar-refractivity contribution in [3.63, 3.8) is 0 Å². The molecule has 1 aliphatic rings. The Balaban J connectivity index is 2.20. The number of anilines is 1. The molecule has 0 unspecified atom stereocenters. The number of rotatable bonds is 4. The lowest BCUT2D eigenvalue weighted by molar-refractivity contribution is -0.111. The summed E-state index contributed by atoms with van der Waals surface area (Å²) < 4.78 is 23.4. The van der Waals surface area contributed by atoms with Crippen molar-refractivity contribution < 1.29 is 23.5 Å². The SMILES string of the molecule is COC(=O)c1ccc(N[C@]2(C=O)CCOC2)cc1F. The molecule has 0 amide bonds. The van der Waals surface area contributed by atoms with Crippen molar-refractivity contribution in [3.05, 3.63) is 29.6 Å². The summed E-state index contributed by atoms with van der Waals surface area (Å²) in [4.78, 5) is 22.4. The molecule has 19 heavy (non-hydrogen) atoms. The normalized spacial score (nSPS) is 22.0. The molecule has 5 nitrogen and oxygen atoms in total. The van der Waals surface area contributed by atoms with Crippen LogP contribution in [0.1, 0.15) is 16.8 Å². The zero-order valence-corrected chi connectivity index (χ0v) is 10.4. The molecule has 1 N–H and O–H groups in total. The molecule has 2 rings (SSSR count). The molecule has 0 bridgehead atoms. The van der Waals surface area contributed by atoms with E-state index in [2.05, 4.69) is 10.1 Å². The van der Waals surface area contributed by atoms with Gasteiger partial charge >= 0.3 is 5.97 Å². The Bertz CT molecular complexity index is 497. The molecule has 1 aromatic rings. The van der Waals surface area contributed by atoms with Crippen molar-refractivity contribution in [2.24, 2.45) is 0 Å². The molecule has 1 heterocycles. The fourth-order valence-corrected chi connectivity index (χ4v) is 1.96. The number of nitrogens with one attached hydrogen (secondary N) is 1. The van der Waals surface area contributed by atoms with Gasteiger partial charge in [-0.1, -0.05) is 0 Å². The topological polar surface area (TPSA) is 64.6 Å². The molecule has 6 heteroatoms. The summed E-state index contributed by atoms with van der Waals surface area (Å²) in [7, 11) is 1.19. The van der Waals surface area contributed by atoms with E-state index in [1.165, 1.54) is 19.2 Å². The monoisotopic (exact) mass is 267 g/mol. The number of methoxy groups -OCH3 is 1. The van der Waals surface area contributed by atoms with Crippen LogP contribution in [0.2, 0.25) is 0 Å². The predicted molar refractivity (Wildman–Crippen MR) is 65.6 cm³/mol. The highest BCUT2D eigenvalue weighted by atomic mass is 19.1. The van der Waals surface area contributed by atoms with Crippen LogP contribution in [0.4, 0.5) is 10.1 Å². The average Bonchev–Trinajstić information content (AvgIpc) is 2.87. The van der Waals surface area contributed by atoms with E-state index >= 15 is 0 Å². The van der Waals surface area contributed by atoms with Crippen molar-refractivity contribution in [1.29, 1.82) is 0 Å². The van der Waals surface area contributed by atoms with E-state index in [9.17, 15) is 14.0 Å². The van der Waals surface area contributed by atoms with Crippen LogP contribution in [0.15, 0.2) is 18.2 Å². The van der Waals surface area contributed by atoms with Gasteiger partial charge in [0.2, 0.25) is 0 Å². The average molecular weight is 267 g/mol. The zero-order chi connectivity index (χ0) is 13.9. The molecule has 1 saturated heterocycles. The minimum absolute atomic E-state index is 0.143. The number of halogens is 1. The number of ether oxygens (including phenoxy) is 2. The minimum Gasteiger partial charge on any atom is -0.465 e. The zero-order valence-electron chi connectivity index (χ0n) is 10.4.